The van der Waals surface area contributed by atoms with E-state index in [-0.39, 0.29) is 0 Å². The van der Waals surface area contributed by atoms with E-state index in [4.69, 9.17) is 0 Å². The lowest BCUT2D eigenvalue weighted by atomic mass is 9.77. The van der Waals surface area contributed by atoms with Gasteiger partial charge in [0, 0.05) is 37.8 Å². The predicted molar refractivity (Wildman–Crippen MR) is 101 cm³/mol. The molecule has 2 atom stereocenters. The van der Waals surface area contributed by atoms with Gasteiger partial charge in [0.05, 0.1) is 0 Å². The second-order valence-electron chi connectivity index (χ2n) is 10.0. The number of nitrogens with zero attached hydrogens (tertiary/aromatic N) is 3. The molecule has 0 amide bonds. The summed E-state index contributed by atoms with van der Waals surface area (Å²) in [6.07, 6.45) is 7.34. The smallest absolute Gasteiger partial charge is 0.0102 e. The molecule has 3 nitrogen and oxygen atoms in total. The fourth-order valence-electron chi connectivity index (χ4n) is 6.21. The van der Waals surface area contributed by atoms with Crippen LogP contribution in [0.25, 0.3) is 0 Å². The molecule has 2 unspecified atom stereocenters. The number of rotatable bonds is 3. The first-order valence-corrected chi connectivity index (χ1v) is 10.7. The Morgan fingerprint density at radius 3 is 1.79 bits per heavy atom. The molecular weight excluding hydrogens is 294 g/mol. The third kappa shape index (κ3) is 3.17. The third-order valence-electron chi connectivity index (χ3n) is 8.06. The fourth-order valence-corrected chi connectivity index (χ4v) is 6.21. The Kier molecular flexibility index (Phi) is 4.73. The molecule has 0 aromatic carbocycles. The summed E-state index contributed by atoms with van der Waals surface area (Å²) in [5.74, 6) is 1.99. The highest BCUT2D eigenvalue weighted by atomic mass is 15.2. The van der Waals surface area contributed by atoms with Gasteiger partial charge in [-0.05, 0) is 96.7 Å². The van der Waals surface area contributed by atoms with Crippen LogP contribution in [0.4, 0.5) is 0 Å². The van der Waals surface area contributed by atoms with Crippen molar-refractivity contribution in [2.24, 2.45) is 17.3 Å². The SMILES string of the molecule is CC(C)N1CC2CC(N3CCC4(CCN(C(C)C)C4)CC3)CC2C1. The summed E-state index contributed by atoms with van der Waals surface area (Å²) in [7, 11) is 0. The van der Waals surface area contributed by atoms with E-state index in [9.17, 15) is 0 Å². The molecule has 3 heteroatoms. The van der Waals surface area contributed by atoms with Crippen LogP contribution in [0.2, 0.25) is 0 Å². The summed E-state index contributed by atoms with van der Waals surface area (Å²) >= 11 is 0. The van der Waals surface area contributed by atoms with Crippen LogP contribution in [-0.4, -0.2) is 72.1 Å². The molecule has 0 N–H and O–H groups in total. The second-order valence-corrected chi connectivity index (χ2v) is 10.0. The quantitative estimate of drug-likeness (QED) is 0.784. The summed E-state index contributed by atoms with van der Waals surface area (Å²) in [5.41, 5.74) is 0.670. The van der Waals surface area contributed by atoms with E-state index in [1.165, 1.54) is 71.4 Å². The number of piperidine rings is 1. The molecule has 0 bridgehead atoms. The van der Waals surface area contributed by atoms with Crippen molar-refractivity contribution in [3.05, 3.63) is 0 Å². The maximum atomic E-state index is 2.89. The zero-order chi connectivity index (χ0) is 16.9. The molecule has 1 aliphatic carbocycles. The standard InChI is InChI=1S/C21H39N3/c1-16(2)23-10-7-21(15-23)5-8-22(9-6-21)20-11-18-13-24(17(3)4)14-19(18)12-20/h16-20H,5-15H2,1-4H3. The van der Waals surface area contributed by atoms with E-state index in [1.807, 2.05) is 0 Å². The largest absolute Gasteiger partial charge is 0.300 e. The average molecular weight is 334 g/mol. The van der Waals surface area contributed by atoms with Crippen LogP contribution in [0.1, 0.15) is 59.8 Å². The number of hydrogen-bond acceptors (Lipinski definition) is 3. The highest BCUT2D eigenvalue weighted by Gasteiger charge is 2.46. The van der Waals surface area contributed by atoms with Crippen LogP contribution in [-0.2, 0) is 0 Å². The molecule has 4 rings (SSSR count). The lowest BCUT2D eigenvalue weighted by Gasteiger charge is -2.42. The molecule has 1 spiro atoms. The zero-order valence-electron chi connectivity index (χ0n) is 16.5. The van der Waals surface area contributed by atoms with Gasteiger partial charge in [0.15, 0.2) is 0 Å². The van der Waals surface area contributed by atoms with Crippen LogP contribution in [0, 0.1) is 17.3 Å². The molecule has 0 aromatic rings. The second kappa shape index (κ2) is 6.55. The Balaban J connectivity index is 1.28. The van der Waals surface area contributed by atoms with Crippen LogP contribution in [0.3, 0.4) is 0 Å². The Hall–Kier alpha value is -0.120. The number of fused-ring (bicyclic) bond motifs is 1. The predicted octanol–water partition coefficient (Wildman–Crippen LogP) is 3.30. The summed E-state index contributed by atoms with van der Waals surface area (Å²) < 4.78 is 0. The molecule has 4 aliphatic rings. The summed E-state index contributed by atoms with van der Waals surface area (Å²) in [6, 6.07) is 2.39. The van der Waals surface area contributed by atoms with Crippen molar-refractivity contribution in [3.8, 4) is 0 Å². The first-order chi connectivity index (χ1) is 11.5. The maximum Gasteiger partial charge on any atom is 0.0102 e. The monoisotopic (exact) mass is 333 g/mol. The summed E-state index contributed by atoms with van der Waals surface area (Å²) in [4.78, 5) is 8.33. The molecule has 24 heavy (non-hydrogen) atoms. The fraction of sp³-hybridized carbons (Fsp3) is 1.00. The highest BCUT2D eigenvalue weighted by molar-refractivity contribution is 5.00. The molecule has 0 radical (unpaired) electrons. The van der Waals surface area contributed by atoms with E-state index in [1.54, 1.807) is 0 Å². The van der Waals surface area contributed by atoms with Crippen molar-refractivity contribution in [2.45, 2.75) is 77.9 Å². The van der Waals surface area contributed by atoms with Crippen LogP contribution >= 0.6 is 0 Å². The molecule has 3 heterocycles. The molecule has 1 saturated carbocycles. The lowest BCUT2D eigenvalue weighted by molar-refractivity contribution is 0.0703. The highest BCUT2D eigenvalue weighted by Crippen LogP contribution is 2.45. The van der Waals surface area contributed by atoms with Crippen molar-refractivity contribution >= 4 is 0 Å². The van der Waals surface area contributed by atoms with Crippen molar-refractivity contribution in [1.82, 2.24) is 14.7 Å². The Labute approximate surface area is 149 Å². The van der Waals surface area contributed by atoms with Gasteiger partial charge in [0.2, 0.25) is 0 Å². The Morgan fingerprint density at radius 2 is 1.29 bits per heavy atom. The van der Waals surface area contributed by atoms with Gasteiger partial charge in [-0.15, -0.1) is 0 Å². The van der Waals surface area contributed by atoms with Gasteiger partial charge in [0.1, 0.15) is 0 Å². The maximum absolute atomic E-state index is 2.89. The minimum atomic E-state index is 0.670. The van der Waals surface area contributed by atoms with Gasteiger partial charge >= 0.3 is 0 Å². The molecule has 4 fully saturated rings. The topological polar surface area (TPSA) is 9.72 Å². The average Bonchev–Trinajstić information content (AvgIpc) is 3.21. The van der Waals surface area contributed by atoms with Gasteiger partial charge < -0.3 is 14.7 Å². The van der Waals surface area contributed by atoms with E-state index in [0.29, 0.717) is 5.41 Å². The third-order valence-corrected chi connectivity index (χ3v) is 8.06. The Bertz CT molecular complexity index is 424. The van der Waals surface area contributed by atoms with E-state index in [2.05, 4.69) is 42.4 Å². The zero-order valence-corrected chi connectivity index (χ0v) is 16.5. The van der Waals surface area contributed by atoms with E-state index < -0.39 is 0 Å². The Morgan fingerprint density at radius 1 is 0.750 bits per heavy atom. The first-order valence-electron chi connectivity index (χ1n) is 10.7. The molecular formula is C21H39N3. The number of likely N-dealkylation sites (tertiary alicyclic amines) is 3. The van der Waals surface area contributed by atoms with Crippen molar-refractivity contribution in [3.63, 3.8) is 0 Å². The minimum Gasteiger partial charge on any atom is -0.300 e. The van der Waals surface area contributed by atoms with Crippen molar-refractivity contribution < 1.29 is 0 Å². The van der Waals surface area contributed by atoms with Gasteiger partial charge in [-0.1, -0.05) is 0 Å². The molecule has 3 saturated heterocycles. The molecule has 3 aliphatic heterocycles. The van der Waals surface area contributed by atoms with Gasteiger partial charge in [-0.2, -0.15) is 0 Å². The van der Waals surface area contributed by atoms with E-state index in [0.717, 1.165) is 30.0 Å². The molecule has 0 aromatic heterocycles. The van der Waals surface area contributed by atoms with Crippen molar-refractivity contribution in [1.29, 1.82) is 0 Å². The number of hydrogen-bond donors (Lipinski definition) is 0. The normalized spacial score (nSPS) is 38.0. The van der Waals surface area contributed by atoms with Crippen molar-refractivity contribution in [2.75, 3.05) is 39.3 Å². The molecule has 138 valence electrons. The minimum absolute atomic E-state index is 0.670. The van der Waals surface area contributed by atoms with Gasteiger partial charge in [0.25, 0.3) is 0 Å². The van der Waals surface area contributed by atoms with Crippen LogP contribution in [0.15, 0.2) is 0 Å². The summed E-state index contributed by atoms with van der Waals surface area (Å²) in [6.45, 7) is 17.7. The lowest BCUT2D eigenvalue weighted by Crippen LogP contribution is -2.46. The summed E-state index contributed by atoms with van der Waals surface area (Å²) in [5, 5.41) is 0. The van der Waals surface area contributed by atoms with Gasteiger partial charge in [-0.3, -0.25) is 0 Å². The van der Waals surface area contributed by atoms with Gasteiger partial charge in [-0.25, -0.2) is 0 Å². The first kappa shape index (κ1) is 17.3. The van der Waals surface area contributed by atoms with Crippen LogP contribution < -0.4 is 0 Å². The van der Waals surface area contributed by atoms with E-state index >= 15 is 0 Å². The van der Waals surface area contributed by atoms with Crippen LogP contribution in [0.5, 0.6) is 0 Å².